The van der Waals surface area contributed by atoms with E-state index in [9.17, 15) is 9.90 Å². The third-order valence-electron chi connectivity index (χ3n) is 6.65. The second kappa shape index (κ2) is 8.36. The molecule has 2 aliphatic heterocycles. The number of hydrogen-bond donors (Lipinski definition) is 2. The normalized spacial score (nSPS) is 19.6. The quantitative estimate of drug-likeness (QED) is 0.638. The maximum Gasteiger partial charge on any atom is 0.220 e. The summed E-state index contributed by atoms with van der Waals surface area (Å²) >= 11 is 0. The Hall–Kier alpha value is -2.83. The van der Waals surface area contributed by atoms with Crippen LogP contribution in [0.2, 0.25) is 0 Å². The van der Waals surface area contributed by atoms with Crippen LogP contribution >= 0.6 is 0 Å². The van der Waals surface area contributed by atoms with E-state index < -0.39 is 6.10 Å². The summed E-state index contributed by atoms with van der Waals surface area (Å²) in [5, 5.41) is 16.0. The van der Waals surface area contributed by atoms with Gasteiger partial charge in [-0.25, -0.2) is 0 Å². The molecular weight excluding hydrogens is 392 g/mol. The van der Waals surface area contributed by atoms with Gasteiger partial charge >= 0.3 is 0 Å². The Bertz CT molecular complexity index is 1050. The number of carbonyl (C=O) groups is 1. The van der Waals surface area contributed by atoms with Gasteiger partial charge in [0, 0.05) is 42.7 Å². The van der Waals surface area contributed by atoms with Gasteiger partial charge in [-0.2, -0.15) is 0 Å². The maximum atomic E-state index is 11.6. The highest BCUT2D eigenvalue weighted by molar-refractivity contribution is 5.99. The number of aliphatic hydroxyl groups is 1. The number of furan rings is 1. The van der Waals surface area contributed by atoms with Gasteiger partial charge in [0.1, 0.15) is 18.5 Å². The molecule has 5 rings (SSSR count). The number of likely N-dealkylation sites (tertiary alicyclic amines) is 1. The van der Waals surface area contributed by atoms with E-state index in [4.69, 9.17) is 9.15 Å². The predicted octanol–water partition coefficient (Wildman–Crippen LogP) is 3.58. The Morgan fingerprint density at radius 2 is 1.97 bits per heavy atom. The molecule has 0 saturated carbocycles. The van der Waals surface area contributed by atoms with Crippen LogP contribution < -0.4 is 10.1 Å². The molecule has 6 heteroatoms. The molecule has 1 unspecified atom stereocenters. The Morgan fingerprint density at radius 3 is 2.71 bits per heavy atom. The minimum atomic E-state index is -0.587. The zero-order valence-electron chi connectivity index (χ0n) is 17.5. The highest BCUT2D eigenvalue weighted by Gasteiger charge is 2.40. The van der Waals surface area contributed by atoms with Crippen LogP contribution in [0.3, 0.4) is 0 Å². The Balaban J connectivity index is 1.23. The van der Waals surface area contributed by atoms with E-state index in [2.05, 4.69) is 22.3 Å². The van der Waals surface area contributed by atoms with E-state index in [1.165, 1.54) is 0 Å². The van der Waals surface area contributed by atoms with Gasteiger partial charge in [-0.1, -0.05) is 30.3 Å². The number of fused-ring (bicyclic) bond motifs is 1. The van der Waals surface area contributed by atoms with E-state index in [1.54, 1.807) is 12.5 Å². The molecule has 2 fully saturated rings. The van der Waals surface area contributed by atoms with Crippen molar-refractivity contribution in [3.05, 3.63) is 55.0 Å². The number of carbonyl (C=O) groups excluding carboxylic acids is 1. The lowest BCUT2D eigenvalue weighted by Gasteiger charge is -2.39. The SMILES string of the molecule is O=C1CCC2(CCN(CC(O)COc3ccc4ccccc4c3-c3ccoc3)CC2)N1. The Labute approximate surface area is 181 Å². The third-order valence-corrected chi connectivity index (χ3v) is 6.65. The first-order valence-electron chi connectivity index (χ1n) is 11.0. The summed E-state index contributed by atoms with van der Waals surface area (Å²) < 4.78 is 11.4. The first-order valence-corrected chi connectivity index (χ1v) is 11.0. The van der Waals surface area contributed by atoms with Gasteiger partial charge < -0.3 is 24.5 Å². The van der Waals surface area contributed by atoms with Gasteiger partial charge in [-0.3, -0.25) is 4.79 Å². The van der Waals surface area contributed by atoms with Crippen LogP contribution in [0.5, 0.6) is 5.75 Å². The molecular formula is C25H28N2O4. The standard InChI is InChI=1S/C25H28N2O4/c28-20(15-27-12-10-25(11-13-27)9-7-23(29)26-25)17-31-22-6-5-18-3-1-2-4-21(18)24(22)19-8-14-30-16-19/h1-6,8,14,16,20,28H,7,9-13,15,17H2,(H,26,29). The van der Waals surface area contributed by atoms with Crippen LogP contribution in [0.4, 0.5) is 0 Å². The zero-order valence-corrected chi connectivity index (χ0v) is 17.5. The lowest BCUT2D eigenvalue weighted by Crippen LogP contribution is -2.52. The smallest absolute Gasteiger partial charge is 0.220 e. The van der Waals surface area contributed by atoms with Crippen LogP contribution in [-0.4, -0.2) is 53.8 Å². The van der Waals surface area contributed by atoms with Gasteiger partial charge in [0.15, 0.2) is 0 Å². The van der Waals surface area contributed by atoms with Gasteiger partial charge in [0.2, 0.25) is 5.91 Å². The highest BCUT2D eigenvalue weighted by atomic mass is 16.5. The summed E-state index contributed by atoms with van der Waals surface area (Å²) in [5.41, 5.74) is 1.93. The zero-order chi connectivity index (χ0) is 21.3. The van der Waals surface area contributed by atoms with Gasteiger partial charge in [0.05, 0.1) is 12.5 Å². The van der Waals surface area contributed by atoms with Gasteiger partial charge in [0.25, 0.3) is 0 Å². The van der Waals surface area contributed by atoms with E-state index in [1.807, 2.05) is 30.3 Å². The van der Waals surface area contributed by atoms with Crippen LogP contribution in [0, 0.1) is 0 Å². The summed E-state index contributed by atoms with van der Waals surface area (Å²) in [6, 6.07) is 14.1. The molecule has 2 saturated heterocycles. The van der Waals surface area contributed by atoms with Crippen molar-refractivity contribution in [2.24, 2.45) is 0 Å². The number of piperidine rings is 1. The molecule has 1 aromatic heterocycles. The fourth-order valence-electron chi connectivity index (χ4n) is 4.93. The number of nitrogens with one attached hydrogen (secondary N) is 1. The van der Waals surface area contributed by atoms with E-state index in [-0.39, 0.29) is 18.1 Å². The Morgan fingerprint density at radius 1 is 1.13 bits per heavy atom. The molecule has 2 aliphatic rings. The van der Waals surface area contributed by atoms with Crippen LogP contribution in [0.15, 0.2) is 59.4 Å². The Kier molecular flexibility index (Phi) is 5.42. The van der Waals surface area contributed by atoms with E-state index in [0.717, 1.165) is 60.0 Å². The average molecular weight is 421 g/mol. The van der Waals surface area contributed by atoms with Gasteiger partial charge in [-0.15, -0.1) is 0 Å². The molecule has 1 amide bonds. The lowest BCUT2D eigenvalue weighted by atomic mass is 9.86. The fraction of sp³-hybridized carbons (Fsp3) is 0.400. The van der Waals surface area contributed by atoms with Crippen LogP contribution in [0.25, 0.3) is 21.9 Å². The predicted molar refractivity (Wildman–Crippen MR) is 119 cm³/mol. The number of aliphatic hydroxyl groups excluding tert-OH is 1. The molecule has 1 spiro atoms. The molecule has 2 N–H and O–H groups in total. The number of hydrogen-bond acceptors (Lipinski definition) is 5. The maximum absolute atomic E-state index is 11.6. The van der Waals surface area contributed by atoms with Crippen LogP contribution in [0.1, 0.15) is 25.7 Å². The molecule has 6 nitrogen and oxygen atoms in total. The molecule has 2 aromatic carbocycles. The number of rotatable bonds is 6. The first-order chi connectivity index (χ1) is 15.1. The number of ether oxygens (including phenoxy) is 1. The summed E-state index contributed by atoms with van der Waals surface area (Å²) in [4.78, 5) is 13.9. The van der Waals surface area contributed by atoms with Crippen molar-refractivity contribution in [1.29, 1.82) is 0 Å². The fourth-order valence-corrected chi connectivity index (χ4v) is 4.93. The summed E-state index contributed by atoms with van der Waals surface area (Å²) in [6.07, 6.45) is 6.26. The molecule has 3 heterocycles. The largest absolute Gasteiger partial charge is 0.490 e. The molecule has 0 bridgehead atoms. The highest BCUT2D eigenvalue weighted by Crippen LogP contribution is 2.37. The van der Waals surface area contributed by atoms with E-state index in [0.29, 0.717) is 13.0 Å². The van der Waals surface area contributed by atoms with Crippen molar-refractivity contribution >= 4 is 16.7 Å². The third kappa shape index (κ3) is 4.18. The first kappa shape index (κ1) is 20.1. The van der Waals surface area contributed by atoms with E-state index >= 15 is 0 Å². The molecule has 31 heavy (non-hydrogen) atoms. The monoisotopic (exact) mass is 420 g/mol. The second-order valence-electron chi connectivity index (χ2n) is 8.77. The summed E-state index contributed by atoms with van der Waals surface area (Å²) in [7, 11) is 0. The molecule has 162 valence electrons. The van der Waals surface area contributed by atoms with Crippen molar-refractivity contribution in [3.8, 4) is 16.9 Å². The van der Waals surface area contributed by atoms with Crippen LogP contribution in [-0.2, 0) is 4.79 Å². The summed E-state index contributed by atoms with van der Waals surface area (Å²) in [5.74, 6) is 0.913. The molecule has 0 aliphatic carbocycles. The lowest BCUT2D eigenvalue weighted by molar-refractivity contribution is -0.120. The van der Waals surface area contributed by atoms with Gasteiger partial charge in [-0.05, 0) is 42.2 Å². The number of nitrogens with zero attached hydrogens (tertiary/aromatic N) is 1. The number of benzene rings is 2. The molecule has 1 atom stereocenters. The summed E-state index contributed by atoms with van der Waals surface area (Å²) in [6.45, 7) is 2.56. The minimum absolute atomic E-state index is 0.0143. The van der Waals surface area contributed by atoms with Crippen molar-refractivity contribution < 1.29 is 19.1 Å². The van der Waals surface area contributed by atoms with Crippen molar-refractivity contribution in [1.82, 2.24) is 10.2 Å². The molecule has 3 aromatic rings. The number of amides is 1. The average Bonchev–Trinajstić information content (AvgIpc) is 3.44. The minimum Gasteiger partial charge on any atom is -0.490 e. The second-order valence-corrected chi connectivity index (χ2v) is 8.77. The topological polar surface area (TPSA) is 74.9 Å². The van der Waals surface area contributed by atoms with Crippen molar-refractivity contribution in [3.63, 3.8) is 0 Å². The number of β-amino-alcohol motifs (C(OH)–C–C–N with tert-alkyl or cyclic N) is 1. The molecule has 0 radical (unpaired) electrons. The van der Waals surface area contributed by atoms with Crippen molar-refractivity contribution in [2.45, 2.75) is 37.3 Å². The van der Waals surface area contributed by atoms with Crippen molar-refractivity contribution in [2.75, 3.05) is 26.2 Å².